The van der Waals surface area contributed by atoms with Crippen molar-refractivity contribution < 1.29 is 13.6 Å². The fourth-order valence-corrected chi connectivity index (χ4v) is 4.91. The first-order chi connectivity index (χ1) is 15.4. The van der Waals surface area contributed by atoms with Gasteiger partial charge < -0.3 is 20.9 Å². The van der Waals surface area contributed by atoms with E-state index in [0.29, 0.717) is 41.1 Å². The van der Waals surface area contributed by atoms with Gasteiger partial charge in [0.1, 0.15) is 12.0 Å². The number of hydrogen-bond acceptors (Lipinski definition) is 5. The molecule has 3 atom stereocenters. The Balaban J connectivity index is 1.72. The van der Waals surface area contributed by atoms with Crippen LogP contribution in [0.1, 0.15) is 32.8 Å². The van der Waals surface area contributed by atoms with Gasteiger partial charge in [0.2, 0.25) is 0 Å². The first-order valence-electron chi connectivity index (χ1n) is 10.9. The van der Waals surface area contributed by atoms with Crippen LogP contribution in [0, 0.1) is 11.6 Å². The number of allylic oxidation sites excluding steroid dienone is 1. The number of halogens is 2. The molecule has 0 aliphatic carbocycles. The molecule has 9 heteroatoms. The maximum absolute atomic E-state index is 14.2. The number of piperazine rings is 1. The Kier molecular flexibility index (Phi) is 5.00. The topological polar surface area (TPSA) is 74.2 Å². The lowest BCUT2D eigenvalue weighted by Gasteiger charge is -2.41. The van der Waals surface area contributed by atoms with Crippen LogP contribution >= 0.6 is 0 Å². The molecule has 7 nitrogen and oxygen atoms in total. The number of hydrogen-bond donors (Lipinski definition) is 3. The van der Waals surface area contributed by atoms with Crippen LogP contribution in [-0.2, 0) is 4.79 Å². The van der Waals surface area contributed by atoms with Gasteiger partial charge in [0.25, 0.3) is 5.91 Å². The summed E-state index contributed by atoms with van der Waals surface area (Å²) < 4.78 is 29.9. The molecule has 1 fully saturated rings. The number of rotatable bonds is 3. The van der Waals surface area contributed by atoms with Crippen molar-refractivity contribution >= 4 is 22.5 Å². The number of imidazole rings is 1. The molecule has 1 aromatic carbocycles. The SMILES string of the molecule is CCNC(=O)C1=CC2=C(N3C[C@@H](C)N[C@@H](C)C3)C=CNC2n2c1nc1cc(F)c(F)cc12. The molecule has 3 aliphatic rings. The number of carbonyl (C=O) groups excluding carboxylic acids is 1. The van der Waals surface area contributed by atoms with Gasteiger partial charge in [-0.05, 0) is 32.9 Å². The zero-order valence-corrected chi connectivity index (χ0v) is 18.2. The summed E-state index contributed by atoms with van der Waals surface area (Å²) >= 11 is 0. The Morgan fingerprint density at radius 3 is 2.66 bits per heavy atom. The maximum atomic E-state index is 14.2. The second kappa shape index (κ2) is 7.74. The lowest BCUT2D eigenvalue weighted by Crippen LogP contribution is -2.54. The lowest BCUT2D eigenvalue weighted by atomic mass is 9.97. The molecule has 1 aromatic heterocycles. The van der Waals surface area contributed by atoms with E-state index in [0.717, 1.165) is 36.5 Å². The molecule has 0 spiro atoms. The third-order valence-electron chi connectivity index (χ3n) is 6.10. The summed E-state index contributed by atoms with van der Waals surface area (Å²) in [6.07, 6.45) is 5.33. The van der Waals surface area contributed by atoms with E-state index in [1.54, 1.807) is 4.57 Å². The van der Waals surface area contributed by atoms with Crippen molar-refractivity contribution in [3.63, 3.8) is 0 Å². The summed E-state index contributed by atoms with van der Waals surface area (Å²) in [5, 5.41) is 9.69. The zero-order chi connectivity index (χ0) is 22.6. The van der Waals surface area contributed by atoms with Gasteiger partial charge in [0, 0.05) is 61.3 Å². The first-order valence-corrected chi connectivity index (χ1v) is 10.9. The van der Waals surface area contributed by atoms with E-state index >= 15 is 0 Å². The van der Waals surface area contributed by atoms with Gasteiger partial charge in [-0.1, -0.05) is 0 Å². The van der Waals surface area contributed by atoms with E-state index in [1.165, 1.54) is 0 Å². The highest BCUT2D eigenvalue weighted by Gasteiger charge is 2.35. The van der Waals surface area contributed by atoms with E-state index in [1.807, 2.05) is 25.3 Å². The maximum Gasteiger partial charge on any atom is 0.255 e. The fourth-order valence-electron chi connectivity index (χ4n) is 4.91. The van der Waals surface area contributed by atoms with Crippen molar-refractivity contribution in [2.75, 3.05) is 19.6 Å². The van der Waals surface area contributed by atoms with Gasteiger partial charge in [0.15, 0.2) is 11.6 Å². The molecular weight excluding hydrogens is 414 g/mol. The molecule has 1 unspecified atom stereocenters. The summed E-state index contributed by atoms with van der Waals surface area (Å²) in [7, 11) is 0. The minimum Gasteiger partial charge on any atom is -0.368 e. The minimum absolute atomic E-state index is 0.271. The second-order valence-corrected chi connectivity index (χ2v) is 8.59. The van der Waals surface area contributed by atoms with Gasteiger partial charge in [0.05, 0.1) is 16.6 Å². The second-order valence-electron chi connectivity index (χ2n) is 8.59. The summed E-state index contributed by atoms with van der Waals surface area (Å²) in [4.78, 5) is 19.8. The highest BCUT2D eigenvalue weighted by molar-refractivity contribution is 6.20. The van der Waals surface area contributed by atoms with E-state index in [4.69, 9.17) is 0 Å². The molecule has 3 N–H and O–H groups in total. The Bertz CT molecular complexity index is 1190. The predicted molar refractivity (Wildman–Crippen MR) is 118 cm³/mol. The Morgan fingerprint density at radius 2 is 1.94 bits per heavy atom. The monoisotopic (exact) mass is 440 g/mol. The quantitative estimate of drug-likeness (QED) is 0.684. The van der Waals surface area contributed by atoms with Crippen LogP contribution in [0.15, 0.2) is 41.8 Å². The van der Waals surface area contributed by atoms with Crippen LogP contribution in [0.4, 0.5) is 8.78 Å². The van der Waals surface area contributed by atoms with Gasteiger partial charge >= 0.3 is 0 Å². The first kappa shape index (κ1) is 20.7. The van der Waals surface area contributed by atoms with Crippen LogP contribution in [-0.4, -0.2) is 52.1 Å². The van der Waals surface area contributed by atoms with E-state index < -0.39 is 17.8 Å². The molecule has 1 amide bonds. The smallest absolute Gasteiger partial charge is 0.255 e. The average molecular weight is 440 g/mol. The normalized spacial score (nSPS) is 24.7. The van der Waals surface area contributed by atoms with Crippen molar-refractivity contribution in [1.82, 2.24) is 30.4 Å². The van der Waals surface area contributed by atoms with Crippen molar-refractivity contribution in [2.24, 2.45) is 0 Å². The molecule has 5 rings (SSSR count). The van der Waals surface area contributed by atoms with Crippen LogP contribution < -0.4 is 16.0 Å². The molecule has 1 saturated heterocycles. The summed E-state index contributed by atoms with van der Waals surface area (Å²) in [6, 6.07) is 2.85. The summed E-state index contributed by atoms with van der Waals surface area (Å²) in [5.74, 6) is -1.80. The summed E-state index contributed by atoms with van der Waals surface area (Å²) in [6.45, 7) is 8.23. The number of likely N-dealkylation sites (N-methyl/N-ethyl adjacent to an activating group) is 1. The van der Waals surface area contributed by atoms with Gasteiger partial charge in [-0.25, -0.2) is 13.8 Å². The number of nitrogens with one attached hydrogen (secondary N) is 3. The number of amides is 1. The van der Waals surface area contributed by atoms with Gasteiger partial charge in [-0.15, -0.1) is 0 Å². The predicted octanol–water partition coefficient (Wildman–Crippen LogP) is 2.40. The molecule has 0 bridgehead atoms. The van der Waals surface area contributed by atoms with Crippen LogP contribution in [0.3, 0.4) is 0 Å². The van der Waals surface area contributed by atoms with Crippen molar-refractivity contribution in [1.29, 1.82) is 0 Å². The van der Waals surface area contributed by atoms with Gasteiger partial charge in [-0.2, -0.15) is 0 Å². The molecule has 0 saturated carbocycles. The Hall–Kier alpha value is -3.20. The highest BCUT2D eigenvalue weighted by atomic mass is 19.2. The Morgan fingerprint density at radius 1 is 1.22 bits per heavy atom. The molecule has 4 heterocycles. The summed E-state index contributed by atoms with van der Waals surface area (Å²) in [5.41, 5.74) is 3.01. The van der Waals surface area contributed by atoms with Crippen LogP contribution in [0.5, 0.6) is 0 Å². The van der Waals surface area contributed by atoms with Gasteiger partial charge in [-0.3, -0.25) is 9.36 Å². The van der Waals surface area contributed by atoms with Crippen molar-refractivity contribution in [3.05, 3.63) is 59.2 Å². The number of carbonyl (C=O) groups is 1. The number of nitrogens with zero attached hydrogens (tertiary/aromatic N) is 3. The standard InChI is InChI=1S/C23H26F2N6O/c1-4-26-23(32)15-7-14-19(30-10-12(2)28-13(3)11-30)5-6-27-21(14)31-20-9-17(25)16(24)8-18(20)29-22(15)31/h5-9,12-13,21,27-28H,4,10-11H2,1-3H3,(H,26,32)/t12-,13+,21?. The highest BCUT2D eigenvalue weighted by Crippen LogP contribution is 2.39. The number of aromatic nitrogens is 2. The molecule has 32 heavy (non-hydrogen) atoms. The number of fused-ring (bicyclic) bond motifs is 5. The van der Waals surface area contributed by atoms with E-state index in [-0.39, 0.29) is 5.91 Å². The van der Waals surface area contributed by atoms with Crippen molar-refractivity contribution in [2.45, 2.75) is 39.0 Å². The molecule has 168 valence electrons. The third-order valence-corrected chi connectivity index (χ3v) is 6.10. The minimum atomic E-state index is -0.965. The van der Waals surface area contributed by atoms with Crippen LogP contribution in [0.2, 0.25) is 0 Å². The lowest BCUT2D eigenvalue weighted by molar-refractivity contribution is -0.115. The van der Waals surface area contributed by atoms with Crippen molar-refractivity contribution in [3.8, 4) is 0 Å². The number of dihydropyridines is 1. The fraction of sp³-hybridized carbons (Fsp3) is 0.391. The Labute approximate surface area is 184 Å². The third kappa shape index (κ3) is 3.28. The molecular formula is C23H26F2N6O. The van der Waals surface area contributed by atoms with E-state index in [2.05, 4.69) is 39.7 Å². The molecule has 2 aromatic rings. The largest absolute Gasteiger partial charge is 0.368 e. The molecule has 3 aliphatic heterocycles. The average Bonchev–Trinajstić information content (AvgIpc) is 3.10. The van der Waals surface area contributed by atoms with E-state index in [9.17, 15) is 13.6 Å². The van der Waals surface area contributed by atoms with Crippen LogP contribution in [0.25, 0.3) is 16.6 Å². The zero-order valence-electron chi connectivity index (χ0n) is 18.2. The number of benzene rings is 1. The molecule has 0 radical (unpaired) electrons.